The molecule has 0 atom stereocenters. The third kappa shape index (κ3) is 2.45. The number of rotatable bonds is 4. The van der Waals surface area contributed by atoms with Gasteiger partial charge in [0.25, 0.3) is 0 Å². The van der Waals surface area contributed by atoms with Crippen molar-refractivity contribution in [2.75, 3.05) is 25.6 Å². The number of aromatic nitrogens is 2. The zero-order valence-electron chi connectivity index (χ0n) is 10.9. The minimum atomic E-state index is -0.194. The van der Waals surface area contributed by atoms with Crippen LogP contribution in [0.3, 0.4) is 0 Å². The Balaban J connectivity index is 2.12. The van der Waals surface area contributed by atoms with Crippen LogP contribution in [-0.4, -0.2) is 36.2 Å². The first kappa shape index (κ1) is 12.4. The number of ether oxygens (including phenoxy) is 1. The van der Waals surface area contributed by atoms with Gasteiger partial charge in [0.15, 0.2) is 0 Å². The average Bonchev–Trinajstić information content (AvgIpc) is 2.76. The number of aryl methyl sites for hydroxylation is 1. The van der Waals surface area contributed by atoms with Crippen LogP contribution in [0.15, 0.2) is 24.5 Å². The highest BCUT2D eigenvalue weighted by molar-refractivity contribution is 5.80. The van der Waals surface area contributed by atoms with E-state index in [2.05, 4.69) is 9.72 Å². The Hall–Kier alpha value is -2.04. The van der Waals surface area contributed by atoms with Gasteiger partial charge in [-0.15, -0.1) is 0 Å². The zero-order chi connectivity index (χ0) is 13.1. The Morgan fingerprint density at radius 3 is 3.00 bits per heavy atom. The number of nitrogens with zero attached hydrogens (tertiary/aromatic N) is 3. The van der Waals surface area contributed by atoms with Crippen molar-refractivity contribution in [1.29, 1.82) is 0 Å². The van der Waals surface area contributed by atoms with Gasteiger partial charge in [0, 0.05) is 26.3 Å². The standard InChI is InChI=1S/C13H17N3O2/c1-15(7-6-13(17)18-3)10-4-5-12-11(8-10)14-9-16(12)2/h4-5,8-9H,6-7H2,1-3H3. The van der Waals surface area contributed by atoms with E-state index < -0.39 is 0 Å². The van der Waals surface area contributed by atoms with E-state index in [9.17, 15) is 4.79 Å². The Kier molecular flexibility index (Phi) is 3.50. The van der Waals surface area contributed by atoms with Gasteiger partial charge in [0.2, 0.25) is 0 Å². The number of benzene rings is 1. The molecule has 2 rings (SSSR count). The lowest BCUT2D eigenvalue weighted by molar-refractivity contribution is -0.140. The van der Waals surface area contributed by atoms with Gasteiger partial charge in [0.05, 0.1) is 30.9 Å². The van der Waals surface area contributed by atoms with Crippen molar-refractivity contribution >= 4 is 22.7 Å². The summed E-state index contributed by atoms with van der Waals surface area (Å²) in [5.74, 6) is -0.194. The van der Waals surface area contributed by atoms with Gasteiger partial charge < -0.3 is 14.2 Å². The lowest BCUT2D eigenvalue weighted by Crippen LogP contribution is -2.21. The Morgan fingerprint density at radius 1 is 1.50 bits per heavy atom. The molecule has 0 bridgehead atoms. The van der Waals surface area contributed by atoms with Gasteiger partial charge in [-0.05, 0) is 18.2 Å². The monoisotopic (exact) mass is 247 g/mol. The van der Waals surface area contributed by atoms with Crippen molar-refractivity contribution in [1.82, 2.24) is 9.55 Å². The normalized spacial score (nSPS) is 10.6. The van der Waals surface area contributed by atoms with Gasteiger partial charge in [-0.2, -0.15) is 0 Å². The number of fused-ring (bicyclic) bond motifs is 1. The maximum atomic E-state index is 11.1. The Morgan fingerprint density at radius 2 is 2.28 bits per heavy atom. The number of carbonyl (C=O) groups excluding carboxylic acids is 1. The third-order valence-corrected chi connectivity index (χ3v) is 3.03. The molecule has 0 radical (unpaired) electrons. The molecule has 1 heterocycles. The number of carbonyl (C=O) groups is 1. The summed E-state index contributed by atoms with van der Waals surface area (Å²) in [6.45, 7) is 0.630. The molecular formula is C13H17N3O2. The minimum Gasteiger partial charge on any atom is -0.469 e. The van der Waals surface area contributed by atoms with Crippen LogP contribution in [0.1, 0.15) is 6.42 Å². The summed E-state index contributed by atoms with van der Waals surface area (Å²) in [5, 5.41) is 0. The van der Waals surface area contributed by atoms with Crippen molar-refractivity contribution in [2.45, 2.75) is 6.42 Å². The van der Waals surface area contributed by atoms with Crippen LogP contribution in [0.2, 0.25) is 0 Å². The minimum absolute atomic E-state index is 0.194. The Labute approximate surface area is 106 Å². The van der Waals surface area contributed by atoms with Gasteiger partial charge in [0.1, 0.15) is 0 Å². The molecule has 5 heteroatoms. The van der Waals surface area contributed by atoms with Crippen LogP contribution in [0.5, 0.6) is 0 Å². The van der Waals surface area contributed by atoms with Crippen molar-refractivity contribution in [3.05, 3.63) is 24.5 Å². The van der Waals surface area contributed by atoms with E-state index in [1.807, 2.05) is 41.8 Å². The molecule has 0 fully saturated rings. The van der Waals surface area contributed by atoms with Crippen molar-refractivity contribution in [3.63, 3.8) is 0 Å². The van der Waals surface area contributed by atoms with Crippen LogP contribution in [0.25, 0.3) is 11.0 Å². The summed E-state index contributed by atoms with van der Waals surface area (Å²) >= 11 is 0. The van der Waals surface area contributed by atoms with E-state index in [0.29, 0.717) is 13.0 Å². The predicted molar refractivity (Wildman–Crippen MR) is 70.6 cm³/mol. The first-order valence-corrected chi connectivity index (χ1v) is 5.81. The molecule has 96 valence electrons. The van der Waals surface area contributed by atoms with Crippen LogP contribution in [-0.2, 0) is 16.6 Å². The zero-order valence-corrected chi connectivity index (χ0v) is 10.9. The highest BCUT2D eigenvalue weighted by Crippen LogP contribution is 2.20. The first-order valence-electron chi connectivity index (χ1n) is 5.81. The third-order valence-electron chi connectivity index (χ3n) is 3.03. The van der Waals surface area contributed by atoms with E-state index in [1.54, 1.807) is 6.33 Å². The smallest absolute Gasteiger partial charge is 0.307 e. The van der Waals surface area contributed by atoms with Gasteiger partial charge >= 0.3 is 5.97 Å². The first-order chi connectivity index (χ1) is 8.61. The summed E-state index contributed by atoms with van der Waals surface area (Å²) in [6, 6.07) is 6.08. The summed E-state index contributed by atoms with van der Waals surface area (Å²) in [7, 11) is 5.32. The molecule has 1 aromatic carbocycles. The van der Waals surface area contributed by atoms with E-state index in [4.69, 9.17) is 0 Å². The number of anilines is 1. The quantitative estimate of drug-likeness (QED) is 0.769. The Bertz CT molecular complexity index is 562. The summed E-state index contributed by atoms with van der Waals surface area (Å²) < 4.78 is 6.61. The molecule has 0 saturated carbocycles. The van der Waals surface area contributed by atoms with Gasteiger partial charge in [-0.1, -0.05) is 0 Å². The van der Waals surface area contributed by atoms with Gasteiger partial charge in [-0.3, -0.25) is 4.79 Å². The van der Waals surface area contributed by atoms with E-state index >= 15 is 0 Å². The van der Waals surface area contributed by atoms with Crippen LogP contribution in [0.4, 0.5) is 5.69 Å². The fourth-order valence-corrected chi connectivity index (χ4v) is 1.85. The lowest BCUT2D eigenvalue weighted by Gasteiger charge is -2.18. The van der Waals surface area contributed by atoms with Crippen molar-refractivity contribution in [3.8, 4) is 0 Å². The number of hydrogen-bond acceptors (Lipinski definition) is 4. The molecule has 0 unspecified atom stereocenters. The highest BCUT2D eigenvalue weighted by atomic mass is 16.5. The predicted octanol–water partition coefficient (Wildman–Crippen LogP) is 1.57. The molecule has 0 aliphatic rings. The molecule has 0 N–H and O–H groups in total. The fourth-order valence-electron chi connectivity index (χ4n) is 1.85. The summed E-state index contributed by atoms with van der Waals surface area (Å²) in [5.41, 5.74) is 3.10. The van der Waals surface area contributed by atoms with Crippen molar-refractivity contribution < 1.29 is 9.53 Å². The highest BCUT2D eigenvalue weighted by Gasteiger charge is 2.07. The number of esters is 1. The number of imidazole rings is 1. The second-order valence-electron chi connectivity index (χ2n) is 4.28. The molecule has 0 spiro atoms. The van der Waals surface area contributed by atoms with Crippen LogP contribution < -0.4 is 4.90 Å². The van der Waals surface area contributed by atoms with Crippen LogP contribution >= 0.6 is 0 Å². The SMILES string of the molecule is COC(=O)CCN(C)c1ccc2c(c1)ncn2C. The molecular weight excluding hydrogens is 230 g/mol. The molecule has 0 saturated heterocycles. The largest absolute Gasteiger partial charge is 0.469 e. The second-order valence-corrected chi connectivity index (χ2v) is 4.28. The molecule has 0 aliphatic carbocycles. The van der Waals surface area contributed by atoms with Gasteiger partial charge in [-0.25, -0.2) is 4.98 Å². The van der Waals surface area contributed by atoms with E-state index in [1.165, 1.54) is 7.11 Å². The molecule has 0 amide bonds. The molecule has 5 nitrogen and oxygen atoms in total. The maximum absolute atomic E-state index is 11.1. The molecule has 18 heavy (non-hydrogen) atoms. The molecule has 2 aromatic rings. The molecule has 1 aromatic heterocycles. The van der Waals surface area contributed by atoms with Crippen molar-refractivity contribution in [2.24, 2.45) is 7.05 Å². The summed E-state index contributed by atoms with van der Waals surface area (Å²) in [6.07, 6.45) is 2.18. The molecule has 0 aliphatic heterocycles. The lowest BCUT2D eigenvalue weighted by atomic mass is 10.2. The summed E-state index contributed by atoms with van der Waals surface area (Å²) in [4.78, 5) is 17.4. The average molecular weight is 247 g/mol. The van der Waals surface area contributed by atoms with Crippen LogP contribution in [0, 0.1) is 0 Å². The van der Waals surface area contributed by atoms with E-state index in [0.717, 1.165) is 16.7 Å². The fraction of sp³-hybridized carbons (Fsp3) is 0.385. The number of hydrogen-bond donors (Lipinski definition) is 0. The topological polar surface area (TPSA) is 47.4 Å². The van der Waals surface area contributed by atoms with E-state index in [-0.39, 0.29) is 5.97 Å². The maximum Gasteiger partial charge on any atom is 0.307 e. The second kappa shape index (κ2) is 5.08. The number of methoxy groups -OCH3 is 1.